The van der Waals surface area contributed by atoms with Crippen molar-refractivity contribution in [3.05, 3.63) is 223 Å². The molecule has 19 heteroatoms. The Morgan fingerprint density at radius 2 is 1.01 bits per heavy atom. The highest BCUT2D eigenvalue weighted by atomic mass is 35.5. The van der Waals surface area contributed by atoms with Gasteiger partial charge in [-0.25, -0.2) is 9.59 Å². The lowest BCUT2D eigenvalue weighted by atomic mass is 10.2. The van der Waals surface area contributed by atoms with Gasteiger partial charge >= 0.3 is 12.1 Å². The number of nitrogens with zero attached hydrogens (tertiary/aromatic N) is 2. The van der Waals surface area contributed by atoms with Gasteiger partial charge in [-0.2, -0.15) is 10.1 Å². The van der Waals surface area contributed by atoms with Gasteiger partial charge in [-0.1, -0.05) is 109 Å². The molecule has 0 aliphatic heterocycles. The third kappa shape index (κ3) is 12.8. The molecule has 6 aromatic carbocycles. The average molecular weight is 1070 g/mol. The molecule has 2 atom stereocenters. The van der Waals surface area contributed by atoms with E-state index in [-0.39, 0.29) is 57.6 Å². The van der Waals surface area contributed by atoms with Crippen molar-refractivity contribution in [1.29, 1.82) is 0 Å². The van der Waals surface area contributed by atoms with Crippen LogP contribution in [0.2, 0.25) is 0 Å². The molecule has 0 aliphatic rings. The Morgan fingerprint density at radius 1 is 0.587 bits per heavy atom. The van der Waals surface area contributed by atoms with Crippen LogP contribution in [0.25, 0.3) is 42.1 Å². The van der Waals surface area contributed by atoms with E-state index in [1.807, 2.05) is 110 Å². The van der Waals surface area contributed by atoms with Crippen LogP contribution in [0, 0.1) is 0 Å². The summed E-state index contributed by atoms with van der Waals surface area (Å²) in [5, 5.41) is 25.3. The van der Waals surface area contributed by atoms with Crippen LogP contribution in [-0.4, -0.2) is 43.6 Å². The number of benzene rings is 6. The first kappa shape index (κ1) is 52.7. The van der Waals surface area contributed by atoms with E-state index < -0.39 is 40.1 Å². The summed E-state index contributed by atoms with van der Waals surface area (Å²) in [5.74, 6) is -1.96. The summed E-state index contributed by atoms with van der Waals surface area (Å²) in [6.07, 6.45) is 0. The van der Waals surface area contributed by atoms with Gasteiger partial charge in [0.25, 0.3) is 11.1 Å². The van der Waals surface area contributed by atoms with E-state index in [9.17, 15) is 39.0 Å². The second-order valence-corrected chi connectivity index (χ2v) is 19.1. The predicted molar refractivity (Wildman–Crippen MR) is 288 cm³/mol. The van der Waals surface area contributed by atoms with E-state index in [1.54, 1.807) is 18.3 Å². The van der Waals surface area contributed by atoms with Crippen LogP contribution in [0.4, 0.5) is 9.59 Å². The molecule has 4 heterocycles. The van der Waals surface area contributed by atoms with Gasteiger partial charge in [0, 0.05) is 31.3 Å². The fourth-order valence-corrected chi connectivity index (χ4v) is 9.89. The van der Waals surface area contributed by atoms with Crippen LogP contribution in [0.1, 0.15) is 67.9 Å². The van der Waals surface area contributed by atoms with Gasteiger partial charge in [-0.05, 0) is 95.9 Å². The second kappa shape index (κ2) is 23.9. The maximum Gasteiger partial charge on any atom is 0.348 e. The zero-order valence-electron chi connectivity index (χ0n) is 39.9. The third-order valence-corrected chi connectivity index (χ3v) is 14.1. The summed E-state index contributed by atoms with van der Waals surface area (Å²) in [6.45, 7) is 4.13. The highest BCUT2D eigenvalue weighted by Crippen LogP contribution is 2.35. The number of fused-ring (bicyclic) bond motifs is 4. The molecule has 0 fully saturated rings. The summed E-state index contributed by atoms with van der Waals surface area (Å²) >= 11 is 8.35. The standard InChI is InChI=1S/C28H22N2O6S.C18H18N2O2S.C10H5ClO4/c1-17(25-14-19-10-5-6-13-24(19)37-25)30(35-16-18-8-3-2-4-9-18)28(34)29-27(33)23-15-21(32)26-20(31)11-7-12-22(26)36-23;1-13(17-11-15-9-5-6-10-16(15)23-17)20(18(19)21)22-12-14-7-3-2-4-8-14;11-10(14)8-4-6(13)9-5(12)2-1-3-7(9)15-8/h2-15,17,31H,16H2,1H3,(H,29,33,34);2-11,13H,12H2,1H3,(H2,19,21);1-4,12H. The van der Waals surface area contributed by atoms with E-state index in [0.29, 0.717) is 6.61 Å². The molecule has 75 heavy (non-hydrogen) atoms. The molecule has 5 N–H and O–H groups in total. The molecule has 0 saturated carbocycles. The molecule has 10 rings (SSSR count). The van der Waals surface area contributed by atoms with Gasteiger partial charge in [0.2, 0.25) is 0 Å². The smallest absolute Gasteiger partial charge is 0.348 e. The lowest BCUT2D eigenvalue weighted by Crippen LogP contribution is -2.44. The van der Waals surface area contributed by atoms with Gasteiger partial charge in [-0.3, -0.25) is 34.2 Å². The van der Waals surface area contributed by atoms with Gasteiger partial charge in [0.1, 0.15) is 46.7 Å². The number of hydroxylamine groups is 4. The van der Waals surface area contributed by atoms with E-state index in [2.05, 4.69) is 23.5 Å². The fraction of sp³-hybridized carbons (Fsp3) is 0.107. The number of carbonyl (C=O) groups excluding carboxylic acids is 4. The van der Waals surface area contributed by atoms with Crippen LogP contribution in [-0.2, 0) is 22.9 Å². The van der Waals surface area contributed by atoms with Crippen molar-refractivity contribution in [2.45, 2.75) is 39.1 Å². The van der Waals surface area contributed by atoms with E-state index in [1.165, 1.54) is 57.5 Å². The molecule has 0 bridgehead atoms. The van der Waals surface area contributed by atoms with Crippen LogP contribution in [0.5, 0.6) is 11.5 Å². The Bertz CT molecular complexity index is 3740. The summed E-state index contributed by atoms with van der Waals surface area (Å²) < 4.78 is 12.8. The van der Waals surface area contributed by atoms with Crippen molar-refractivity contribution in [1.82, 2.24) is 15.4 Å². The Labute approximate surface area is 439 Å². The Morgan fingerprint density at radius 3 is 1.48 bits per heavy atom. The number of thiophene rings is 2. The van der Waals surface area contributed by atoms with Gasteiger partial charge in [-0.15, -0.1) is 22.7 Å². The van der Waals surface area contributed by atoms with Gasteiger partial charge < -0.3 is 24.8 Å². The molecular weight excluding hydrogens is 1020 g/mol. The number of halogens is 1. The number of phenols is 2. The van der Waals surface area contributed by atoms with Gasteiger partial charge in [0.15, 0.2) is 22.4 Å². The number of carbonyl (C=O) groups is 4. The van der Waals surface area contributed by atoms with Crippen molar-refractivity contribution >= 4 is 99.6 Å². The number of primary amides is 1. The van der Waals surface area contributed by atoms with Crippen molar-refractivity contribution in [2.24, 2.45) is 5.73 Å². The number of rotatable bonds is 12. The molecule has 4 aromatic heterocycles. The van der Waals surface area contributed by atoms with Crippen molar-refractivity contribution in [2.75, 3.05) is 0 Å². The topological polar surface area (TPSA) is 232 Å². The van der Waals surface area contributed by atoms with Crippen molar-refractivity contribution in [3.63, 3.8) is 0 Å². The average Bonchev–Trinajstić information content (AvgIpc) is 4.05. The highest BCUT2D eigenvalue weighted by molar-refractivity contribution is 7.19. The first-order chi connectivity index (χ1) is 36.1. The number of imide groups is 1. The zero-order chi connectivity index (χ0) is 53.2. The first-order valence-electron chi connectivity index (χ1n) is 22.9. The summed E-state index contributed by atoms with van der Waals surface area (Å²) in [7, 11) is 0. The minimum atomic E-state index is -0.913. The molecule has 10 aromatic rings. The van der Waals surface area contributed by atoms with Crippen LogP contribution >= 0.6 is 34.3 Å². The quantitative estimate of drug-likeness (QED) is 0.0661. The SMILES string of the molecule is CC(c1cc2ccccc2s1)N(OCc1ccccc1)C(=O)NC(=O)c1cc(=O)c2c(O)cccc2o1.CC(c1cc2ccccc2s1)N(OCc1ccccc1)C(N)=O.O=C(Cl)c1cc(=O)c2c(O)cccc2o1. The molecule has 5 amide bonds. The zero-order valence-corrected chi connectivity index (χ0v) is 42.3. The lowest BCUT2D eigenvalue weighted by molar-refractivity contribution is -0.151. The van der Waals surface area contributed by atoms with E-state index in [0.717, 1.165) is 53.5 Å². The van der Waals surface area contributed by atoms with Crippen LogP contribution in [0.3, 0.4) is 0 Å². The number of hydrogen-bond acceptors (Lipinski definition) is 14. The second-order valence-electron chi connectivity index (χ2n) is 16.5. The van der Waals surface area contributed by atoms with Crippen molar-refractivity contribution in [3.8, 4) is 11.5 Å². The first-order valence-corrected chi connectivity index (χ1v) is 24.9. The molecule has 0 spiro atoms. The fourth-order valence-electron chi connectivity index (χ4n) is 7.60. The highest BCUT2D eigenvalue weighted by Gasteiger charge is 2.28. The maximum atomic E-state index is 13.3. The molecule has 380 valence electrons. The minimum absolute atomic E-state index is 0.0286. The van der Waals surface area contributed by atoms with Crippen molar-refractivity contribution < 1.29 is 47.9 Å². The Hall–Kier alpha value is -8.65. The molecule has 0 aliphatic carbocycles. The monoisotopic (exact) mass is 1060 g/mol. The minimum Gasteiger partial charge on any atom is -0.507 e. The number of nitrogens with two attached hydrogens (primary N) is 1. The lowest BCUT2D eigenvalue weighted by Gasteiger charge is -2.27. The molecule has 2 unspecified atom stereocenters. The predicted octanol–water partition coefficient (Wildman–Crippen LogP) is 12.1. The summed E-state index contributed by atoms with van der Waals surface area (Å²) in [6, 6.07) is 47.4. The van der Waals surface area contributed by atoms with Crippen LogP contribution < -0.4 is 21.9 Å². The molecule has 16 nitrogen and oxygen atoms in total. The third-order valence-electron chi connectivity index (χ3n) is 11.4. The maximum absolute atomic E-state index is 13.3. The summed E-state index contributed by atoms with van der Waals surface area (Å²) in [5.41, 5.74) is 6.39. The number of nitrogens with one attached hydrogen (secondary N) is 1. The molecular formula is C56H45ClN4O12S2. The number of aromatic hydroxyl groups is 2. The molecule has 0 saturated heterocycles. The van der Waals surface area contributed by atoms with Gasteiger partial charge in [0.05, 0.1) is 12.1 Å². The molecule has 0 radical (unpaired) electrons. The largest absolute Gasteiger partial charge is 0.507 e. The Balaban J connectivity index is 0.000000166. The summed E-state index contributed by atoms with van der Waals surface area (Å²) in [4.78, 5) is 86.2. The van der Waals surface area contributed by atoms with E-state index in [4.69, 9.17) is 35.8 Å². The van der Waals surface area contributed by atoms with E-state index >= 15 is 0 Å². The van der Waals surface area contributed by atoms with Crippen LogP contribution in [0.15, 0.2) is 188 Å². The normalized spacial score (nSPS) is 11.7. The number of urea groups is 2. The Kier molecular flexibility index (Phi) is 16.8. The number of amides is 5. The number of phenolic OH excluding ortho intramolecular Hbond substituents is 2. The number of hydrogen-bond donors (Lipinski definition) is 4.